The van der Waals surface area contributed by atoms with Gasteiger partial charge < -0.3 is 5.01 Å². The highest BCUT2D eigenvalue weighted by Crippen LogP contribution is 1.72. The lowest BCUT2D eigenvalue weighted by atomic mass is 10.7. The average molecular weight is 100 g/mol. The van der Waals surface area contributed by atoms with Gasteiger partial charge in [0.2, 0.25) is 0 Å². The summed E-state index contributed by atoms with van der Waals surface area (Å²) in [7, 11) is 3.82. The van der Waals surface area contributed by atoms with Crippen LogP contribution in [0.1, 0.15) is 6.92 Å². The summed E-state index contributed by atoms with van der Waals surface area (Å²) in [4.78, 5) is 0. The van der Waals surface area contributed by atoms with Crippen LogP contribution in [0, 0.1) is 0 Å². The molecular weight excluding hydrogens is 88.1 g/mol. The van der Waals surface area contributed by atoms with Crippen LogP contribution in [0.25, 0.3) is 0 Å². The van der Waals surface area contributed by atoms with Crippen LogP contribution in [0.4, 0.5) is 0 Å². The summed E-state index contributed by atoms with van der Waals surface area (Å²) in [5, 5.41) is 1.88. The van der Waals surface area contributed by atoms with Gasteiger partial charge in [-0.25, -0.2) is 5.43 Å². The van der Waals surface area contributed by atoms with Crippen molar-refractivity contribution < 1.29 is 0 Å². The Kier molecular flexibility index (Phi) is 3.42. The average Bonchev–Trinajstić information content (AvgIpc) is 1.68. The van der Waals surface area contributed by atoms with E-state index in [0.717, 1.165) is 0 Å². The molecule has 1 N–H and O–H groups in total. The Labute approximate surface area is 44.8 Å². The lowest BCUT2D eigenvalue weighted by Crippen LogP contribution is -2.24. The predicted octanol–water partition coefficient (Wildman–Crippen LogP) is 0.586. The summed E-state index contributed by atoms with van der Waals surface area (Å²) in [5.74, 6) is 0. The van der Waals surface area contributed by atoms with E-state index in [-0.39, 0.29) is 0 Å². The van der Waals surface area contributed by atoms with Crippen molar-refractivity contribution >= 4 is 0 Å². The van der Waals surface area contributed by atoms with E-state index in [9.17, 15) is 0 Å². The maximum Gasteiger partial charge on any atom is 0.0225 e. The van der Waals surface area contributed by atoms with Crippen molar-refractivity contribution in [1.82, 2.24) is 10.4 Å². The van der Waals surface area contributed by atoms with Crippen LogP contribution in [-0.4, -0.2) is 19.1 Å². The van der Waals surface area contributed by atoms with Gasteiger partial charge in [0.05, 0.1) is 0 Å². The first kappa shape index (κ1) is 6.50. The van der Waals surface area contributed by atoms with Gasteiger partial charge in [-0.15, -0.1) is 0 Å². The monoisotopic (exact) mass is 100 g/mol. The van der Waals surface area contributed by atoms with E-state index in [1.807, 2.05) is 38.3 Å². The molecule has 0 amide bonds. The molecule has 0 bridgehead atoms. The number of rotatable bonds is 2. The minimum Gasteiger partial charge on any atom is -0.319 e. The molecule has 2 nitrogen and oxygen atoms in total. The van der Waals surface area contributed by atoms with Gasteiger partial charge in [-0.1, -0.05) is 6.08 Å². The lowest BCUT2D eigenvalue weighted by molar-refractivity contribution is 0.365. The molecule has 0 unspecified atom stereocenters. The minimum atomic E-state index is 1.88. The van der Waals surface area contributed by atoms with Crippen molar-refractivity contribution in [2.75, 3.05) is 14.1 Å². The van der Waals surface area contributed by atoms with Crippen molar-refractivity contribution in [2.45, 2.75) is 6.92 Å². The van der Waals surface area contributed by atoms with E-state index in [1.54, 1.807) is 0 Å². The standard InChI is InChI=1S/C5H12N2/c1-4-5-7(3)6-2/h4-6H,1-3H3. The van der Waals surface area contributed by atoms with Crippen LogP contribution in [-0.2, 0) is 0 Å². The van der Waals surface area contributed by atoms with Crippen LogP contribution in [0.2, 0.25) is 0 Å². The van der Waals surface area contributed by atoms with Crippen molar-refractivity contribution in [2.24, 2.45) is 0 Å². The second-order valence-electron chi connectivity index (χ2n) is 1.32. The Morgan fingerprint density at radius 1 is 1.57 bits per heavy atom. The molecule has 42 valence electrons. The normalized spacial score (nSPS) is 10.1. The van der Waals surface area contributed by atoms with E-state index in [4.69, 9.17) is 0 Å². The summed E-state index contributed by atoms with van der Waals surface area (Å²) < 4.78 is 0. The summed E-state index contributed by atoms with van der Waals surface area (Å²) in [6.45, 7) is 1.98. The third kappa shape index (κ3) is 3.33. The molecule has 0 aromatic rings. The zero-order chi connectivity index (χ0) is 5.70. The maximum atomic E-state index is 2.91. The highest BCUT2D eigenvalue weighted by atomic mass is 15.5. The fourth-order valence-electron chi connectivity index (χ4n) is 0.298. The number of nitrogens with one attached hydrogen (secondary N) is 1. The first-order valence-electron chi connectivity index (χ1n) is 2.34. The van der Waals surface area contributed by atoms with E-state index in [1.165, 1.54) is 0 Å². The molecular formula is C5H12N2. The van der Waals surface area contributed by atoms with Crippen molar-refractivity contribution in [3.05, 3.63) is 12.3 Å². The zero-order valence-electron chi connectivity index (χ0n) is 5.10. The topological polar surface area (TPSA) is 15.3 Å². The number of hydrogen-bond acceptors (Lipinski definition) is 2. The summed E-state index contributed by atoms with van der Waals surface area (Å²) in [6, 6.07) is 0. The van der Waals surface area contributed by atoms with E-state index in [2.05, 4.69) is 5.43 Å². The molecule has 0 radical (unpaired) electrons. The molecule has 0 saturated carbocycles. The molecule has 0 aliphatic rings. The molecule has 0 atom stereocenters. The zero-order valence-corrected chi connectivity index (χ0v) is 5.10. The second kappa shape index (κ2) is 3.68. The Morgan fingerprint density at radius 3 is 2.29 bits per heavy atom. The van der Waals surface area contributed by atoms with Crippen LogP contribution >= 0.6 is 0 Å². The number of hydrazine groups is 1. The van der Waals surface area contributed by atoms with E-state index < -0.39 is 0 Å². The van der Waals surface area contributed by atoms with E-state index in [0.29, 0.717) is 0 Å². The number of allylic oxidation sites excluding steroid dienone is 1. The van der Waals surface area contributed by atoms with Crippen molar-refractivity contribution in [1.29, 1.82) is 0 Å². The van der Waals surface area contributed by atoms with Crippen LogP contribution in [0.15, 0.2) is 12.3 Å². The molecule has 0 spiro atoms. The molecule has 0 fully saturated rings. The highest BCUT2D eigenvalue weighted by Gasteiger charge is 1.74. The maximum absolute atomic E-state index is 2.91. The molecule has 0 aliphatic carbocycles. The minimum absolute atomic E-state index is 1.88. The second-order valence-corrected chi connectivity index (χ2v) is 1.32. The lowest BCUT2D eigenvalue weighted by Gasteiger charge is -2.09. The predicted molar refractivity (Wildman–Crippen MR) is 31.6 cm³/mol. The SMILES string of the molecule is CC=CN(C)NC. The highest BCUT2D eigenvalue weighted by molar-refractivity contribution is 4.72. The summed E-state index contributed by atoms with van der Waals surface area (Å²) in [6.07, 6.45) is 3.91. The third-order valence-electron chi connectivity index (χ3n) is 0.725. The van der Waals surface area contributed by atoms with E-state index >= 15 is 0 Å². The number of nitrogens with zero attached hydrogens (tertiary/aromatic N) is 1. The molecule has 0 aromatic carbocycles. The summed E-state index contributed by atoms with van der Waals surface area (Å²) in [5.41, 5.74) is 2.91. The smallest absolute Gasteiger partial charge is 0.0225 e. The molecule has 2 heteroatoms. The fourth-order valence-corrected chi connectivity index (χ4v) is 0.298. The Morgan fingerprint density at radius 2 is 2.14 bits per heavy atom. The fraction of sp³-hybridized carbons (Fsp3) is 0.600. The molecule has 0 aliphatic heterocycles. The first-order valence-corrected chi connectivity index (χ1v) is 2.34. The van der Waals surface area contributed by atoms with Crippen molar-refractivity contribution in [3.63, 3.8) is 0 Å². The first-order chi connectivity index (χ1) is 3.31. The quantitative estimate of drug-likeness (QED) is 0.511. The van der Waals surface area contributed by atoms with Gasteiger partial charge in [0, 0.05) is 20.3 Å². The Hall–Kier alpha value is -0.500. The largest absolute Gasteiger partial charge is 0.319 e. The van der Waals surface area contributed by atoms with Gasteiger partial charge in [0.25, 0.3) is 0 Å². The van der Waals surface area contributed by atoms with Crippen LogP contribution in [0.3, 0.4) is 0 Å². The molecule has 0 heterocycles. The van der Waals surface area contributed by atoms with Gasteiger partial charge in [-0.3, -0.25) is 0 Å². The van der Waals surface area contributed by atoms with Crippen molar-refractivity contribution in [3.8, 4) is 0 Å². The van der Waals surface area contributed by atoms with Gasteiger partial charge in [0.15, 0.2) is 0 Å². The van der Waals surface area contributed by atoms with Crippen LogP contribution < -0.4 is 5.43 Å². The Balaban J connectivity index is 3.16. The number of hydrogen-bond donors (Lipinski definition) is 1. The molecule has 0 rings (SSSR count). The third-order valence-corrected chi connectivity index (χ3v) is 0.725. The van der Waals surface area contributed by atoms with Gasteiger partial charge in [-0.05, 0) is 6.92 Å². The summed E-state index contributed by atoms with van der Waals surface area (Å²) >= 11 is 0. The molecule has 0 aromatic heterocycles. The van der Waals surface area contributed by atoms with Gasteiger partial charge in [0.1, 0.15) is 0 Å². The van der Waals surface area contributed by atoms with Crippen LogP contribution in [0.5, 0.6) is 0 Å². The Bertz CT molecular complexity index is 59.1. The molecule has 7 heavy (non-hydrogen) atoms. The molecule has 0 saturated heterocycles. The van der Waals surface area contributed by atoms with Gasteiger partial charge in [-0.2, -0.15) is 0 Å². The van der Waals surface area contributed by atoms with Gasteiger partial charge >= 0.3 is 0 Å².